The van der Waals surface area contributed by atoms with E-state index in [4.69, 9.17) is 9.97 Å². The fourth-order valence-corrected chi connectivity index (χ4v) is 10.3. The molecule has 0 saturated heterocycles. The second-order valence-electron chi connectivity index (χ2n) is 14.6. The Morgan fingerprint density at radius 3 is 2.19 bits per heavy atom. The number of benzene rings is 6. The van der Waals surface area contributed by atoms with Crippen LogP contribution >= 0.6 is 11.3 Å². The number of nitrogens with zero attached hydrogens (tertiary/aromatic N) is 4. The molecule has 0 spiro atoms. The Balaban J connectivity index is 0.000000226. The molecule has 0 saturated carbocycles. The maximum Gasteiger partial charge on any atom is 0 e. The number of fused-ring (bicyclic) bond motifs is 5. The molecule has 10 rings (SSSR count). The van der Waals surface area contributed by atoms with Crippen LogP contribution in [0.2, 0.25) is 17.3 Å². The van der Waals surface area contributed by atoms with Crippen LogP contribution in [0.4, 0.5) is 8.78 Å². The molecule has 4 nitrogen and oxygen atoms in total. The Morgan fingerprint density at radius 2 is 1.42 bits per heavy atom. The van der Waals surface area contributed by atoms with E-state index in [0.29, 0.717) is 28.1 Å². The summed E-state index contributed by atoms with van der Waals surface area (Å²) in [6.45, 7) is 0. The van der Waals surface area contributed by atoms with Gasteiger partial charge in [-0.3, -0.25) is 4.98 Å². The minimum absolute atomic E-state index is 0. The molecule has 0 aliphatic rings. The summed E-state index contributed by atoms with van der Waals surface area (Å²) in [5.41, 5.74) is 5.67. The number of pyridine rings is 2. The van der Waals surface area contributed by atoms with E-state index in [1.165, 1.54) is 27.9 Å². The van der Waals surface area contributed by atoms with Gasteiger partial charge in [-0.05, 0) is 63.3 Å². The third-order valence-corrected chi connectivity index (χ3v) is 15.3. The van der Waals surface area contributed by atoms with Crippen LogP contribution in [0.5, 0.6) is 0 Å². The molecule has 9 heteroatoms. The van der Waals surface area contributed by atoms with Gasteiger partial charge in [0.2, 0.25) is 0 Å². The third kappa shape index (κ3) is 7.46. The fraction of sp³-hybridized carbons (Fsp3) is 0.0625. The van der Waals surface area contributed by atoms with Crippen molar-refractivity contribution in [3.05, 3.63) is 176 Å². The average molecular weight is 1000 g/mol. The predicted molar refractivity (Wildman–Crippen MR) is 230 cm³/mol. The zero-order chi connectivity index (χ0) is 38.4. The molecule has 0 N–H and O–H groups in total. The summed E-state index contributed by atoms with van der Waals surface area (Å²) in [5.74, 6) is 7.09. The zero-order valence-electron chi connectivity index (χ0n) is 31.2. The Labute approximate surface area is 349 Å². The molecule has 6 aromatic carbocycles. The smallest absolute Gasteiger partial charge is 0 e. The van der Waals surface area contributed by atoms with Crippen molar-refractivity contribution in [2.45, 2.75) is 17.3 Å². The molecule has 4 aromatic heterocycles. The summed E-state index contributed by atoms with van der Waals surface area (Å²) in [6.07, 6.45) is 2.04. The van der Waals surface area contributed by atoms with E-state index in [-0.39, 0.29) is 31.7 Å². The second-order valence-corrected chi connectivity index (χ2v) is 26.2. The van der Waals surface area contributed by atoms with Crippen molar-refractivity contribution in [3.63, 3.8) is 0 Å². The second kappa shape index (κ2) is 15.9. The van der Waals surface area contributed by atoms with Crippen LogP contribution in [0.15, 0.2) is 152 Å². The van der Waals surface area contributed by atoms with Gasteiger partial charge in [0.1, 0.15) is 16.5 Å². The van der Waals surface area contributed by atoms with E-state index in [0.717, 1.165) is 53.6 Å². The van der Waals surface area contributed by atoms with Crippen molar-refractivity contribution < 1.29 is 28.9 Å². The summed E-state index contributed by atoms with van der Waals surface area (Å²) in [6, 6.07) is 52.4. The summed E-state index contributed by atoms with van der Waals surface area (Å²) in [7, 11) is 0. The van der Waals surface area contributed by atoms with Gasteiger partial charge in [-0.2, -0.15) is 11.3 Å². The van der Waals surface area contributed by atoms with Crippen molar-refractivity contribution >= 4 is 71.1 Å². The minimum atomic E-state index is -1.72. The average Bonchev–Trinajstić information content (AvgIpc) is 3.81. The first-order chi connectivity index (χ1) is 27.2. The molecular weight excluding hydrogens is 967 g/mol. The molecular formula is C48H34F2GeIrN4S-2. The molecule has 0 atom stereocenters. The van der Waals surface area contributed by atoms with Gasteiger partial charge in [0.05, 0.1) is 22.6 Å². The van der Waals surface area contributed by atoms with Crippen LogP contribution in [0.3, 0.4) is 0 Å². The maximum absolute atomic E-state index is 15.4. The van der Waals surface area contributed by atoms with E-state index >= 15 is 4.39 Å². The van der Waals surface area contributed by atoms with E-state index < -0.39 is 13.3 Å². The molecule has 4 heterocycles. The minimum Gasteiger partial charge on any atom is 0 e. The molecule has 0 aliphatic carbocycles. The first-order valence-corrected chi connectivity index (χ1v) is 26.5. The van der Waals surface area contributed by atoms with Gasteiger partial charge < -0.3 is 4.57 Å². The number of imidazole rings is 1. The van der Waals surface area contributed by atoms with Gasteiger partial charge in [0.15, 0.2) is 0 Å². The van der Waals surface area contributed by atoms with Crippen LogP contribution in [0.1, 0.15) is 0 Å². The molecule has 0 fully saturated rings. The van der Waals surface area contributed by atoms with Gasteiger partial charge in [0, 0.05) is 31.4 Å². The van der Waals surface area contributed by atoms with Crippen LogP contribution in [-0.4, -0.2) is 32.8 Å². The number of aromatic nitrogens is 4. The monoisotopic (exact) mass is 1000 g/mol. The molecule has 0 bridgehead atoms. The largest absolute Gasteiger partial charge is 0 e. The standard InChI is InChI=1S/C34H18F2N3S.C14H16GeN.Ir/c35-27-12-4-3-9-25(27)29-18-17-24-23-10-5-11-26(32(23)40-34(24)38-29)33-37-30-14-6-13-28(36)31(30)39(33)22-16-15-20-7-1-2-8-21(20)19-22;1-15(2,3)13-9-10-14(16-11-13)12-7-5-4-6-8-12;/h1-10,12-19H;4-7,9-11H,1-3H3;/q2*-1;. The first kappa shape index (κ1) is 38.5. The number of hydrogen-bond acceptors (Lipinski definition) is 4. The third-order valence-electron chi connectivity index (χ3n) is 9.90. The van der Waals surface area contributed by atoms with Gasteiger partial charge in [-0.1, -0.05) is 65.5 Å². The number of para-hydroxylation sites is 1. The Kier molecular flexibility index (Phi) is 10.7. The van der Waals surface area contributed by atoms with Crippen LogP contribution in [0.25, 0.3) is 81.7 Å². The first-order valence-electron chi connectivity index (χ1n) is 18.3. The van der Waals surface area contributed by atoms with Gasteiger partial charge >= 0.3 is 99.8 Å². The van der Waals surface area contributed by atoms with E-state index in [2.05, 4.69) is 58.7 Å². The van der Waals surface area contributed by atoms with Crippen LogP contribution in [-0.2, 0) is 20.1 Å². The Hall–Kier alpha value is -5.38. The SMILES string of the molecule is Fc1ccccc1-c1ccc2c(n1)sc1c(-c3nc4cccc(F)c4n3-c3ccc4ccccc4c3)[c-]ccc12.[CH3][Ge]([CH3])([CH3])[c]1ccc(-c2[c-]cccc2)nc1.[Ir]. The van der Waals surface area contributed by atoms with E-state index in [1.807, 2.05) is 95.7 Å². The molecule has 281 valence electrons. The summed E-state index contributed by atoms with van der Waals surface area (Å²) in [5, 5.41) is 4.12. The Morgan fingerprint density at radius 1 is 0.649 bits per heavy atom. The quantitative estimate of drug-likeness (QED) is 0.127. The van der Waals surface area contributed by atoms with Crippen molar-refractivity contribution in [2.24, 2.45) is 0 Å². The molecule has 1 radical (unpaired) electrons. The van der Waals surface area contributed by atoms with Crippen molar-refractivity contribution in [1.82, 2.24) is 19.5 Å². The zero-order valence-corrected chi connectivity index (χ0v) is 36.5. The van der Waals surface area contributed by atoms with Gasteiger partial charge in [0.25, 0.3) is 0 Å². The van der Waals surface area contributed by atoms with Gasteiger partial charge in [-0.25, -0.2) is 13.8 Å². The molecule has 10 aromatic rings. The fourth-order valence-electron chi connectivity index (χ4n) is 6.98. The molecule has 57 heavy (non-hydrogen) atoms. The predicted octanol–water partition coefficient (Wildman–Crippen LogP) is 12.4. The maximum atomic E-state index is 15.4. The topological polar surface area (TPSA) is 43.6 Å². The Bertz CT molecular complexity index is 3050. The number of rotatable bonds is 5. The molecule has 0 amide bonds. The summed E-state index contributed by atoms with van der Waals surface area (Å²) >= 11 is -0.209. The van der Waals surface area contributed by atoms with E-state index in [1.54, 1.807) is 24.3 Å². The number of thiophene rings is 1. The summed E-state index contributed by atoms with van der Waals surface area (Å²) < 4.78 is 34.2. The molecule has 0 aliphatic heterocycles. The van der Waals surface area contributed by atoms with Crippen LogP contribution < -0.4 is 4.40 Å². The van der Waals surface area contributed by atoms with E-state index in [9.17, 15) is 4.39 Å². The van der Waals surface area contributed by atoms with Gasteiger partial charge in [-0.15, -0.1) is 18.2 Å². The molecule has 0 unspecified atom stereocenters. The number of hydrogen-bond donors (Lipinski definition) is 0. The number of halogens is 2. The van der Waals surface area contributed by atoms with Crippen molar-refractivity contribution in [2.75, 3.05) is 0 Å². The summed E-state index contributed by atoms with van der Waals surface area (Å²) in [4.78, 5) is 15.1. The van der Waals surface area contributed by atoms with Crippen molar-refractivity contribution in [1.29, 1.82) is 0 Å². The van der Waals surface area contributed by atoms with Crippen LogP contribution in [0, 0.1) is 23.8 Å². The normalized spacial score (nSPS) is 11.5. The van der Waals surface area contributed by atoms with Crippen molar-refractivity contribution in [3.8, 4) is 39.6 Å².